The lowest BCUT2D eigenvalue weighted by Gasteiger charge is -2.43. The standard InChI is InChI=1S/C45H78O19P2/c1-3-5-7-8-9-10-11-12-13-14-15-20-24-30-39(50)62-35(33-61-66(58,59)64-45-42(53)40(51)41(52)44(43(45)54)63-65(55,56)57)32-60-38(49)31-25-29-37(48)36(47)28-23-19-17-16-18-22-27-34(46)26-21-6-4-2/h6,16-19,21-23,27-28,34-37,40-48,51-54H,3-5,7-15,20,24-26,29-33H2,1-2H3,(H,58,59)(H2,55,56,57)/b18-16+,19-17-,21-6-,27-22+,28-23-/t34-,35-,36+,37+,40?,41?,42?,43?,44-,45+/m1/s1. The van der Waals surface area contributed by atoms with E-state index in [0.29, 0.717) is 12.8 Å². The molecule has 1 aliphatic carbocycles. The Bertz CT molecular complexity index is 1560. The summed E-state index contributed by atoms with van der Waals surface area (Å²) in [5.41, 5.74) is 0. The van der Waals surface area contributed by atoms with Crippen molar-refractivity contribution in [2.45, 2.75) is 197 Å². The van der Waals surface area contributed by atoms with Crippen LogP contribution in [0, 0.1) is 0 Å². The van der Waals surface area contributed by atoms with Crippen LogP contribution >= 0.6 is 15.6 Å². The largest absolute Gasteiger partial charge is 0.472 e. The number of rotatable bonds is 37. The Hall–Kier alpha value is -2.42. The molecule has 0 bridgehead atoms. The minimum atomic E-state index is -5.40. The van der Waals surface area contributed by atoms with Crippen molar-refractivity contribution in [3.63, 3.8) is 0 Å². The molecule has 0 spiro atoms. The Labute approximate surface area is 389 Å². The lowest BCUT2D eigenvalue weighted by molar-refractivity contribution is -0.216. The van der Waals surface area contributed by atoms with Gasteiger partial charge in [-0.15, -0.1) is 0 Å². The number of carbonyl (C=O) groups is 2. The number of unbranched alkanes of at least 4 members (excludes halogenated alkanes) is 12. The van der Waals surface area contributed by atoms with Crippen LogP contribution in [0.1, 0.15) is 136 Å². The van der Waals surface area contributed by atoms with Gasteiger partial charge in [0.25, 0.3) is 0 Å². The molecule has 0 aromatic heterocycles. The van der Waals surface area contributed by atoms with E-state index in [0.717, 1.165) is 38.5 Å². The molecule has 11 atom stereocenters. The van der Waals surface area contributed by atoms with E-state index in [-0.39, 0.29) is 25.7 Å². The fourth-order valence-corrected chi connectivity index (χ4v) is 8.26. The zero-order valence-corrected chi connectivity index (χ0v) is 40.2. The Kier molecular flexibility index (Phi) is 33.3. The maximum Gasteiger partial charge on any atom is 0.472 e. The van der Waals surface area contributed by atoms with Gasteiger partial charge in [-0.2, -0.15) is 0 Å². The number of phosphoric acid groups is 2. The van der Waals surface area contributed by atoms with Crippen molar-refractivity contribution in [3.8, 4) is 0 Å². The highest BCUT2D eigenvalue weighted by Crippen LogP contribution is 2.49. The van der Waals surface area contributed by atoms with Crippen LogP contribution in [0.5, 0.6) is 0 Å². The molecule has 1 rings (SSSR count). The number of hydrogen-bond donors (Lipinski definition) is 10. The van der Waals surface area contributed by atoms with Gasteiger partial charge in [0.15, 0.2) is 6.10 Å². The van der Waals surface area contributed by atoms with Gasteiger partial charge in [0.1, 0.15) is 43.2 Å². The van der Waals surface area contributed by atoms with E-state index in [1.54, 1.807) is 36.5 Å². The fourth-order valence-electron chi connectivity index (χ4n) is 6.72. The van der Waals surface area contributed by atoms with E-state index in [1.165, 1.54) is 57.1 Å². The molecule has 0 amide bonds. The third kappa shape index (κ3) is 29.5. The topological polar surface area (TPSA) is 317 Å². The van der Waals surface area contributed by atoms with Gasteiger partial charge in [0.2, 0.25) is 0 Å². The molecule has 1 saturated carbocycles. The smallest absolute Gasteiger partial charge is 0.462 e. The number of phosphoric ester groups is 2. The molecular weight excluding hydrogens is 906 g/mol. The second kappa shape index (κ2) is 35.7. The zero-order valence-electron chi connectivity index (χ0n) is 38.4. The Morgan fingerprint density at radius 2 is 1.11 bits per heavy atom. The monoisotopic (exact) mass is 984 g/mol. The Balaban J connectivity index is 2.75. The van der Waals surface area contributed by atoms with Gasteiger partial charge < -0.3 is 59.9 Å². The van der Waals surface area contributed by atoms with Crippen molar-refractivity contribution in [3.05, 3.63) is 60.8 Å². The van der Waals surface area contributed by atoms with E-state index in [2.05, 4.69) is 11.4 Å². The summed E-state index contributed by atoms with van der Waals surface area (Å²) in [7, 11) is -10.8. The van der Waals surface area contributed by atoms with Gasteiger partial charge in [0, 0.05) is 12.8 Å². The molecule has 0 aromatic rings. The van der Waals surface area contributed by atoms with Crippen LogP contribution in [0.4, 0.5) is 0 Å². The first-order valence-corrected chi connectivity index (χ1v) is 26.2. The van der Waals surface area contributed by atoms with Gasteiger partial charge in [-0.05, 0) is 32.1 Å². The quantitative estimate of drug-likeness (QED) is 0.0126. The number of aliphatic hydroxyl groups excluding tert-OH is 7. The lowest BCUT2D eigenvalue weighted by atomic mass is 9.85. The average molecular weight is 985 g/mol. The summed E-state index contributed by atoms with van der Waals surface area (Å²) >= 11 is 0. The summed E-state index contributed by atoms with van der Waals surface area (Å²) in [5, 5.41) is 71.7. The summed E-state index contributed by atoms with van der Waals surface area (Å²) in [6.45, 7) is 2.61. The van der Waals surface area contributed by atoms with Crippen molar-refractivity contribution < 1.29 is 92.2 Å². The molecule has 382 valence electrons. The SMILES string of the molecule is CC/C=C\C[C@@H](O)/C=C/C=C/C=C\C=C/[C@H](O)[C@@H](O)CCCC(=O)OC[C@H](COP(=O)(O)O[C@H]1C(O)C(O)C(O)[C@@H](OP(=O)(O)O)C1O)OC(=O)CCCCCCCCCCCCCCC. The van der Waals surface area contributed by atoms with Gasteiger partial charge in [-0.25, -0.2) is 9.13 Å². The molecule has 21 heteroatoms. The molecule has 0 aromatic carbocycles. The Morgan fingerprint density at radius 3 is 1.67 bits per heavy atom. The van der Waals surface area contributed by atoms with Crippen molar-refractivity contribution >= 4 is 27.6 Å². The molecule has 19 nitrogen and oxygen atoms in total. The maximum absolute atomic E-state index is 13.0. The van der Waals surface area contributed by atoms with Gasteiger partial charge in [-0.3, -0.25) is 23.2 Å². The molecule has 0 saturated heterocycles. The molecule has 5 unspecified atom stereocenters. The molecule has 66 heavy (non-hydrogen) atoms. The molecule has 1 aliphatic rings. The first kappa shape index (κ1) is 61.6. The highest BCUT2D eigenvalue weighted by molar-refractivity contribution is 7.47. The number of esters is 2. The van der Waals surface area contributed by atoms with Crippen LogP contribution in [-0.4, -0.2) is 137 Å². The molecule has 0 aliphatic heterocycles. The summed E-state index contributed by atoms with van der Waals surface area (Å²) in [6, 6.07) is 0. The summed E-state index contributed by atoms with van der Waals surface area (Å²) in [5.74, 6) is -1.54. The summed E-state index contributed by atoms with van der Waals surface area (Å²) < 4.78 is 49.1. The molecule has 0 radical (unpaired) electrons. The van der Waals surface area contributed by atoms with Crippen LogP contribution in [0.15, 0.2) is 60.8 Å². The number of carbonyl (C=O) groups excluding carboxylic acids is 2. The minimum absolute atomic E-state index is 0.00112. The van der Waals surface area contributed by atoms with Crippen LogP contribution in [0.25, 0.3) is 0 Å². The highest BCUT2D eigenvalue weighted by atomic mass is 31.2. The van der Waals surface area contributed by atoms with E-state index in [1.807, 2.05) is 19.1 Å². The van der Waals surface area contributed by atoms with E-state index in [9.17, 15) is 59.4 Å². The number of aliphatic hydroxyl groups is 7. The number of ether oxygens (including phenoxy) is 2. The van der Waals surface area contributed by atoms with Crippen molar-refractivity contribution in [2.24, 2.45) is 0 Å². The predicted octanol–water partition coefficient (Wildman–Crippen LogP) is 5.19. The number of allylic oxidation sites excluding steroid dienone is 7. The number of hydrogen-bond acceptors (Lipinski definition) is 16. The van der Waals surface area contributed by atoms with Crippen molar-refractivity contribution in [1.82, 2.24) is 0 Å². The highest BCUT2D eigenvalue weighted by Gasteiger charge is 2.54. The average Bonchev–Trinajstić information content (AvgIpc) is 3.26. The second-order valence-corrected chi connectivity index (χ2v) is 18.9. The van der Waals surface area contributed by atoms with E-state index < -0.39 is 102 Å². The van der Waals surface area contributed by atoms with Crippen LogP contribution in [-0.2, 0) is 41.8 Å². The second-order valence-electron chi connectivity index (χ2n) is 16.3. The van der Waals surface area contributed by atoms with Gasteiger partial charge in [0.05, 0.1) is 24.9 Å². The molecule has 0 heterocycles. The fraction of sp³-hybridized carbons (Fsp3) is 0.733. The molecule has 1 fully saturated rings. The predicted molar refractivity (Wildman–Crippen MR) is 245 cm³/mol. The first-order chi connectivity index (χ1) is 31.3. The van der Waals surface area contributed by atoms with Crippen LogP contribution in [0.3, 0.4) is 0 Å². The van der Waals surface area contributed by atoms with Crippen LogP contribution in [0.2, 0.25) is 0 Å². The van der Waals surface area contributed by atoms with E-state index in [4.69, 9.17) is 28.3 Å². The maximum atomic E-state index is 13.0. The zero-order chi connectivity index (χ0) is 49.4. The van der Waals surface area contributed by atoms with Crippen molar-refractivity contribution in [2.75, 3.05) is 13.2 Å². The third-order valence-corrected chi connectivity index (χ3v) is 12.0. The summed E-state index contributed by atoms with van der Waals surface area (Å²) in [4.78, 5) is 54.3. The van der Waals surface area contributed by atoms with Crippen molar-refractivity contribution in [1.29, 1.82) is 0 Å². The van der Waals surface area contributed by atoms with Crippen LogP contribution < -0.4 is 0 Å². The minimum Gasteiger partial charge on any atom is -0.462 e. The lowest BCUT2D eigenvalue weighted by Crippen LogP contribution is -2.64. The molecule has 10 N–H and O–H groups in total. The third-order valence-electron chi connectivity index (χ3n) is 10.4. The Morgan fingerprint density at radius 1 is 0.591 bits per heavy atom. The summed E-state index contributed by atoms with van der Waals surface area (Å²) in [6.07, 6.45) is 14.0. The van der Waals surface area contributed by atoms with E-state index >= 15 is 0 Å². The van der Waals surface area contributed by atoms with Gasteiger partial charge in [-0.1, -0.05) is 152 Å². The molecular formula is C45H78O19P2. The normalized spacial score (nSPS) is 23.5. The van der Waals surface area contributed by atoms with Gasteiger partial charge >= 0.3 is 27.6 Å². The first-order valence-electron chi connectivity index (χ1n) is 23.2.